The summed E-state index contributed by atoms with van der Waals surface area (Å²) in [6.07, 6.45) is 9.85. The Morgan fingerprint density at radius 3 is 2.56 bits per heavy atom. The average Bonchev–Trinajstić information content (AvgIpc) is 2.93. The molecule has 2 rings (SSSR count). The molecule has 1 aliphatic rings. The summed E-state index contributed by atoms with van der Waals surface area (Å²) in [6, 6.07) is 11.4. The minimum Gasteiger partial charge on any atom is -0.310 e. The van der Waals surface area contributed by atoms with Crippen molar-refractivity contribution in [3.05, 3.63) is 35.9 Å². The first kappa shape index (κ1) is 13.6. The van der Waals surface area contributed by atoms with E-state index in [1.165, 1.54) is 57.1 Å². The highest BCUT2D eigenvalue weighted by Gasteiger charge is 2.14. The van der Waals surface area contributed by atoms with Crippen molar-refractivity contribution in [2.45, 2.75) is 57.9 Å². The van der Waals surface area contributed by atoms with Crippen LogP contribution in [0.1, 0.15) is 63.5 Å². The zero-order valence-electron chi connectivity index (χ0n) is 11.7. The highest BCUT2D eigenvalue weighted by atomic mass is 14.9. The van der Waals surface area contributed by atoms with Gasteiger partial charge in [0.15, 0.2) is 0 Å². The smallest absolute Gasteiger partial charge is 0.0317 e. The van der Waals surface area contributed by atoms with Crippen LogP contribution in [0.4, 0.5) is 0 Å². The van der Waals surface area contributed by atoms with Crippen molar-refractivity contribution in [1.82, 2.24) is 5.32 Å². The van der Waals surface area contributed by atoms with Crippen LogP contribution in [0.25, 0.3) is 0 Å². The first-order chi connectivity index (χ1) is 8.90. The molecule has 1 heteroatoms. The number of rotatable bonds is 7. The molecule has 0 aliphatic heterocycles. The maximum atomic E-state index is 3.71. The van der Waals surface area contributed by atoms with Gasteiger partial charge in [0, 0.05) is 6.04 Å². The Labute approximate surface area is 112 Å². The van der Waals surface area contributed by atoms with Gasteiger partial charge in [0.2, 0.25) is 0 Å². The third-order valence-electron chi connectivity index (χ3n) is 4.26. The Kier molecular flexibility index (Phi) is 5.73. The minimum atomic E-state index is 0.537. The fourth-order valence-corrected chi connectivity index (χ4v) is 3.15. The van der Waals surface area contributed by atoms with Gasteiger partial charge in [0.05, 0.1) is 0 Å². The molecule has 1 unspecified atom stereocenters. The lowest BCUT2D eigenvalue weighted by molar-refractivity contribution is 0.444. The Bertz CT molecular complexity index is 314. The van der Waals surface area contributed by atoms with Crippen molar-refractivity contribution in [3.63, 3.8) is 0 Å². The van der Waals surface area contributed by atoms with Crippen LogP contribution < -0.4 is 5.32 Å². The summed E-state index contributed by atoms with van der Waals surface area (Å²) in [4.78, 5) is 0. The topological polar surface area (TPSA) is 12.0 Å². The van der Waals surface area contributed by atoms with Crippen LogP contribution >= 0.6 is 0 Å². The quantitative estimate of drug-likeness (QED) is 0.687. The third-order valence-corrected chi connectivity index (χ3v) is 4.26. The molecule has 1 nitrogen and oxygen atoms in total. The molecule has 0 heterocycles. The number of hydrogen-bond donors (Lipinski definition) is 1. The third kappa shape index (κ3) is 4.13. The summed E-state index contributed by atoms with van der Waals surface area (Å²) in [7, 11) is 0. The predicted octanol–water partition coefficient (Wildman–Crippen LogP) is 4.70. The van der Waals surface area contributed by atoms with E-state index in [4.69, 9.17) is 0 Å². The second-order valence-electron chi connectivity index (χ2n) is 5.62. The number of hydrogen-bond acceptors (Lipinski definition) is 1. The van der Waals surface area contributed by atoms with Gasteiger partial charge in [-0.2, -0.15) is 0 Å². The van der Waals surface area contributed by atoms with Crippen LogP contribution in [0, 0.1) is 5.92 Å². The molecule has 1 fully saturated rings. The monoisotopic (exact) mass is 245 g/mol. The molecule has 1 atom stereocenters. The van der Waals surface area contributed by atoms with Gasteiger partial charge >= 0.3 is 0 Å². The van der Waals surface area contributed by atoms with Gasteiger partial charge in [0.25, 0.3) is 0 Å². The van der Waals surface area contributed by atoms with Crippen LogP contribution in [0.3, 0.4) is 0 Å². The Morgan fingerprint density at radius 1 is 1.17 bits per heavy atom. The van der Waals surface area contributed by atoms with Crippen LogP contribution in [0.2, 0.25) is 0 Å². The van der Waals surface area contributed by atoms with E-state index in [9.17, 15) is 0 Å². The molecule has 0 aromatic heterocycles. The van der Waals surface area contributed by atoms with E-state index < -0.39 is 0 Å². The van der Waals surface area contributed by atoms with Gasteiger partial charge in [-0.1, -0.05) is 62.9 Å². The van der Waals surface area contributed by atoms with Crippen molar-refractivity contribution >= 4 is 0 Å². The lowest BCUT2D eigenvalue weighted by Crippen LogP contribution is -2.22. The second-order valence-corrected chi connectivity index (χ2v) is 5.62. The molecule has 0 saturated heterocycles. The Balaban J connectivity index is 1.67. The Morgan fingerprint density at radius 2 is 1.89 bits per heavy atom. The predicted molar refractivity (Wildman–Crippen MR) is 78.7 cm³/mol. The van der Waals surface area contributed by atoms with Gasteiger partial charge in [-0.3, -0.25) is 0 Å². The normalized spacial score (nSPS) is 18.1. The highest BCUT2D eigenvalue weighted by molar-refractivity contribution is 5.18. The van der Waals surface area contributed by atoms with E-state index in [2.05, 4.69) is 42.6 Å². The summed E-state index contributed by atoms with van der Waals surface area (Å²) in [5.41, 5.74) is 1.43. The lowest BCUT2D eigenvalue weighted by atomic mass is 10.0. The second kappa shape index (κ2) is 7.58. The summed E-state index contributed by atoms with van der Waals surface area (Å²) < 4.78 is 0. The van der Waals surface area contributed by atoms with E-state index in [1.807, 2.05) is 0 Å². The van der Waals surface area contributed by atoms with Crippen molar-refractivity contribution in [1.29, 1.82) is 0 Å². The minimum absolute atomic E-state index is 0.537. The molecule has 1 aromatic rings. The molecule has 1 N–H and O–H groups in total. The molecule has 0 spiro atoms. The molecule has 0 bridgehead atoms. The first-order valence-electron chi connectivity index (χ1n) is 7.68. The molecular weight excluding hydrogens is 218 g/mol. The molecule has 1 aliphatic carbocycles. The van der Waals surface area contributed by atoms with E-state index in [0.29, 0.717) is 6.04 Å². The first-order valence-corrected chi connectivity index (χ1v) is 7.68. The summed E-state index contributed by atoms with van der Waals surface area (Å²) >= 11 is 0. The number of nitrogens with one attached hydrogen (secondary N) is 1. The zero-order valence-corrected chi connectivity index (χ0v) is 11.7. The summed E-state index contributed by atoms with van der Waals surface area (Å²) in [6.45, 7) is 3.44. The maximum absolute atomic E-state index is 3.71. The van der Waals surface area contributed by atoms with E-state index in [1.54, 1.807) is 0 Å². The maximum Gasteiger partial charge on any atom is 0.0317 e. The largest absolute Gasteiger partial charge is 0.310 e. The molecule has 100 valence electrons. The van der Waals surface area contributed by atoms with Crippen molar-refractivity contribution in [2.24, 2.45) is 5.92 Å². The molecule has 1 aromatic carbocycles. The average molecular weight is 245 g/mol. The highest BCUT2D eigenvalue weighted by Crippen LogP contribution is 2.28. The van der Waals surface area contributed by atoms with Crippen LogP contribution in [-0.2, 0) is 0 Å². The van der Waals surface area contributed by atoms with Gasteiger partial charge in [-0.05, 0) is 37.3 Å². The fraction of sp³-hybridized carbons (Fsp3) is 0.647. The van der Waals surface area contributed by atoms with Gasteiger partial charge in [0.1, 0.15) is 0 Å². The summed E-state index contributed by atoms with van der Waals surface area (Å²) in [5, 5.41) is 3.71. The lowest BCUT2D eigenvalue weighted by Gasteiger charge is -2.18. The Hall–Kier alpha value is -0.820. The SMILES string of the molecule is CCC(NCCCC1CCCC1)c1ccccc1. The van der Waals surface area contributed by atoms with Crippen molar-refractivity contribution in [3.8, 4) is 0 Å². The van der Waals surface area contributed by atoms with E-state index >= 15 is 0 Å². The molecule has 1 saturated carbocycles. The fourth-order valence-electron chi connectivity index (χ4n) is 3.15. The van der Waals surface area contributed by atoms with Crippen molar-refractivity contribution < 1.29 is 0 Å². The standard InChI is InChI=1S/C17H27N/c1-2-17(16-12-4-3-5-13-16)18-14-8-11-15-9-6-7-10-15/h3-5,12-13,15,17-18H,2,6-11,14H2,1H3. The van der Waals surface area contributed by atoms with E-state index in [0.717, 1.165) is 5.92 Å². The van der Waals surface area contributed by atoms with Gasteiger partial charge < -0.3 is 5.32 Å². The van der Waals surface area contributed by atoms with Crippen molar-refractivity contribution in [2.75, 3.05) is 6.54 Å². The summed E-state index contributed by atoms with van der Waals surface area (Å²) in [5.74, 6) is 1.03. The zero-order chi connectivity index (χ0) is 12.6. The van der Waals surface area contributed by atoms with Crippen LogP contribution in [0.15, 0.2) is 30.3 Å². The van der Waals surface area contributed by atoms with Crippen LogP contribution in [0.5, 0.6) is 0 Å². The molecule has 0 radical (unpaired) electrons. The number of benzene rings is 1. The van der Waals surface area contributed by atoms with Gasteiger partial charge in [-0.25, -0.2) is 0 Å². The molecule has 18 heavy (non-hydrogen) atoms. The van der Waals surface area contributed by atoms with E-state index in [-0.39, 0.29) is 0 Å². The van der Waals surface area contributed by atoms with Gasteiger partial charge in [-0.15, -0.1) is 0 Å². The van der Waals surface area contributed by atoms with Crippen LogP contribution in [-0.4, -0.2) is 6.54 Å². The molecular formula is C17H27N. The molecule has 0 amide bonds.